The van der Waals surface area contributed by atoms with Crippen LogP contribution >= 0.6 is 11.8 Å². The maximum atomic E-state index is 13.0. The van der Waals surface area contributed by atoms with Gasteiger partial charge in [0.2, 0.25) is 5.16 Å². The van der Waals surface area contributed by atoms with Gasteiger partial charge in [0.15, 0.2) is 5.65 Å². The van der Waals surface area contributed by atoms with Crippen molar-refractivity contribution in [3.8, 4) is 0 Å². The second kappa shape index (κ2) is 7.61. The zero-order valence-electron chi connectivity index (χ0n) is 15.0. The molecule has 0 fully saturated rings. The second-order valence-corrected chi connectivity index (χ2v) is 8.70. The lowest BCUT2D eigenvalue weighted by Gasteiger charge is -2.22. The van der Waals surface area contributed by atoms with Crippen molar-refractivity contribution in [3.05, 3.63) is 73.1 Å². The molecule has 0 saturated carbocycles. The van der Waals surface area contributed by atoms with Crippen molar-refractivity contribution in [1.29, 1.82) is 0 Å². The number of aromatic nitrogens is 4. The molecule has 7 nitrogen and oxygen atoms in total. The molecular weight excluding hydrogens is 394 g/mol. The fraction of sp³-hybridized carbons (Fsp3) is 0.105. The minimum atomic E-state index is -3.69. The number of pyridine rings is 2. The Labute approximate surface area is 167 Å². The van der Waals surface area contributed by atoms with E-state index in [1.807, 2.05) is 47.0 Å². The Morgan fingerprint density at radius 2 is 1.79 bits per heavy atom. The minimum Gasteiger partial charge on any atom is -0.277 e. The van der Waals surface area contributed by atoms with E-state index in [0.717, 1.165) is 5.65 Å². The van der Waals surface area contributed by atoms with E-state index in [4.69, 9.17) is 0 Å². The quantitative estimate of drug-likeness (QED) is 0.483. The summed E-state index contributed by atoms with van der Waals surface area (Å²) in [6.45, 7) is 2.13. The molecule has 0 bridgehead atoms. The zero-order valence-corrected chi connectivity index (χ0v) is 16.6. The summed E-state index contributed by atoms with van der Waals surface area (Å²) >= 11 is 1.32. The van der Waals surface area contributed by atoms with Crippen LogP contribution in [-0.2, 0) is 10.0 Å². The van der Waals surface area contributed by atoms with Crippen molar-refractivity contribution in [2.24, 2.45) is 0 Å². The van der Waals surface area contributed by atoms with Crippen molar-refractivity contribution in [3.63, 3.8) is 0 Å². The molecule has 142 valence electrons. The summed E-state index contributed by atoms with van der Waals surface area (Å²) in [5.41, 5.74) is 1.36. The molecule has 0 radical (unpaired) electrons. The molecule has 3 aromatic heterocycles. The van der Waals surface area contributed by atoms with Crippen LogP contribution in [0.15, 0.2) is 88.1 Å². The first-order chi connectivity index (χ1) is 13.6. The average Bonchev–Trinajstić information content (AvgIpc) is 3.13. The van der Waals surface area contributed by atoms with E-state index in [9.17, 15) is 8.42 Å². The largest absolute Gasteiger partial charge is 0.277 e. The average molecular weight is 412 g/mol. The number of hydrogen-bond donors (Lipinski definition) is 0. The number of nitrogens with zero attached hydrogens (tertiary/aromatic N) is 5. The Morgan fingerprint density at radius 3 is 2.50 bits per heavy atom. The van der Waals surface area contributed by atoms with Crippen LogP contribution in [0, 0.1) is 0 Å². The number of para-hydroxylation sites is 1. The van der Waals surface area contributed by atoms with E-state index < -0.39 is 10.0 Å². The summed E-state index contributed by atoms with van der Waals surface area (Å²) in [6, 6.07) is 17.9. The molecule has 28 heavy (non-hydrogen) atoms. The Morgan fingerprint density at radius 1 is 1.00 bits per heavy atom. The van der Waals surface area contributed by atoms with Crippen molar-refractivity contribution in [1.82, 2.24) is 19.6 Å². The molecule has 0 spiro atoms. The van der Waals surface area contributed by atoms with Crippen LogP contribution in [-0.4, -0.2) is 34.5 Å². The lowest BCUT2D eigenvalue weighted by molar-refractivity contribution is 0.591. The SMILES string of the molecule is CCN(c1ccccc1)S(=O)(=O)c1ccc(Sc2nnc3ccccn23)nc1. The van der Waals surface area contributed by atoms with Gasteiger partial charge in [0.25, 0.3) is 10.0 Å². The van der Waals surface area contributed by atoms with E-state index in [1.165, 1.54) is 22.3 Å². The van der Waals surface area contributed by atoms with Crippen LogP contribution < -0.4 is 4.31 Å². The number of fused-ring (bicyclic) bond motifs is 1. The number of rotatable bonds is 6. The van der Waals surface area contributed by atoms with Gasteiger partial charge < -0.3 is 0 Å². The van der Waals surface area contributed by atoms with Crippen LogP contribution in [0.2, 0.25) is 0 Å². The van der Waals surface area contributed by atoms with Gasteiger partial charge >= 0.3 is 0 Å². The first kappa shape index (κ1) is 18.5. The van der Waals surface area contributed by atoms with Gasteiger partial charge in [0, 0.05) is 18.9 Å². The van der Waals surface area contributed by atoms with Crippen molar-refractivity contribution in [2.45, 2.75) is 22.0 Å². The highest BCUT2D eigenvalue weighted by Gasteiger charge is 2.24. The van der Waals surface area contributed by atoms with Gasteiger partial charge in [-0.05, 0) is 55.1 Å². The molecule has 9 heteroatoms. The Kier molecular flexibility index (Phi) is 5.01. The number of sulfonamides is 1. The van der Waals surface area contributed by atoms with Gasteiger partial charge in [-0.15, -0.1) is 10.2 Å². The predicted molar refractivity (Wildman–Crippen MR) is 108 cm³/mol. The fourth-order valence-electron chi connectivity index (χ4n) is 2.78. The predicted octanol–water partition coefficient (Wildman–Crippen LogP) is 3.49. The summed E-state index contributed by atoms with van der Waals surface area (Å²) in [6.07, 6.45) is 3.25. The van der Waals surface area contributed by atoms with Crippen LogP contribution in [0.1, 0.15) is 6.92 Å². The van der Waals surface area contributed by atoms with Gasteiger partial charge in [0.05, 0.1) is 5.69 Å². The molecule has 1 aromatic carbocycles. The lowest BCUT2D eigenvalue weighted by atomic mass is 10.3. The van der Waals surface area contributed by atoms with Gasteiger partial charge in [0.1, 0.15) is 9.92 Å². The summed E-state index contributed by atoms with van der Waals surface area (Å²) in [4.78, 5) is 4.46. The molecule has 3 heterocycles. The number of benzene rings is 1. The fourth-order valence-corrected chi connectivity index (χ4v) is 4.96. The highest BCUT2D eigenvalue weighted by molar-refractivity contribution is 7.99. The molecule has 4 rings (SSSR count). The molecule has 0 amide bonds. The molecule has 0 aliphatic heterocycles. The second-order valence-electron chi connectivity index (χ2n) is 5.85. The van der Waals surface area contributed by atoms with Gasteiger partial charge in [-0.3, -0.25) is 8.71 Å². The Balaban J connectivity index is 1.60. The summed E-state index contributed by atoms with van der Waals surface area (Å²) in [7, 11) is -3.69. The Hall–Kier alpha value is -2.91. The van der Waals surface area contributed by atoms with Crippen molar-refractivity contribution in [2.75, 3.05) is 10.8 Å². The highest BCUT2D eigenvalue weighted by Crippen LogP contribution is 2.27. The Bertz CT molecular complexity index is 1190. The van der Waals surface area contributed by atoms with Crippen LogP contribution in [0.3, 0.4) is 0 Å². The molecular formula is C19H17N5O2S2. The first-order valence-corrected chi connectivity index (χ1v) is 10.9. The van der Waals surface area contributed by atoms with E-state index in [2.05, 4.69) is 15.2 Å². The molecule has 0 unspecified atom stereocenters. The minimum absolute atomic E-state index is 0.147. The molecule has 0 aliphatic carbocycles. The van der Waals surface area contributed by atoms with E-state index in [1.54, 1.807) is 31.2 Å². The maximum absolute atomic E-state index is 13.0. The van der Waals surface area contributed by atoms with Crippen molar-refractivity contribution < 1.29 is 8.42 Å². The molecule has 0 saturated heterocycles. The molecule has 0 aliphatic rings. The van der Waals surface area contributed by atoms with Crippen molar-refractivity contribution >= 4 is 33.1 Å². The van der Waals surface area contributed by atoms with E-state index in [-0.39, 0.29) is 4.90 Å². The summed E-state index contributed by atoms with van der Waals surface area (Å²) < 4.78 is 29.3. The van der Waals surface area contributed by atoms with Gasteiger partial charge in [-0.25, -0.2) is 13.4 Å². The van der Waals surface area contributed by atoms with Crippen LogP contribution in [0.4, 0.5) is 5.69 Å². The third-order valence-corrected chi connectivity index (χ3v) is 6.90. The standard InChI is InChI=1S/C19H17N5O2S2/c1-2-24(15-8-4-3-5-9-15)28(25,26)16-11-12-18(20-14-16)27-19-22-21-17-10-6-7-13-23(17)19/h3-14H,2H2,1H3. The van der Waals surface area contributed by atoms with E-state index in [0.29, 0.717) is 22.4 Å². The monoisotopic (exact) mass is 411 g/mol. The third-order valence-electron chi connectivity index (χ3n) is 4.11. The molecule has 0 atom stereocenters. The maximum Gasteiger partial charge on any atom is 0.265 e. The smallest absolute Gasteiger partial charge is 0.265 e. The lowest BCUT2D eigenvalue weighted by Crippen LogP contribution is -2.30. The first-order valence-electron chi connectivity index (χ1n) is 8.61. The third kappa shape index (κ3) is 3.46. The van der Waals surface area contributed by atoms with Gasteiger partial charge in [-0.1, -0.05) is 24.3 Å². The molecule has 0 N–H and O–H groups in total. The molecule has 4 aromatic rings. The summed E-state index contributed by atoms with van der Waals surface area (Å²) in [5.74, 6) is 0. The van der Waals surface area contributed by atoms with Gasteiger partial charge in [-0.2, -0.15) is 0 Å². The number of anilines is 1. The summed E-state index contributed by atoms with van der Waals surface area (Å²) in [5, 5.41) is 9.56. The normalized spacial score (nSPS) is 11.6. The van der Waals surface area contributed by atoms with Crippen LogP contribution in [0.25, 0.3) is 5.65 Å². The highest BCUT2D eigenvalue weighted by atomic mass is 32.2. The zero-order chi connectivity index (χ0) is 19.6. The van der Waals surface area contributed by atoms with Crippen LogP contribution in [0.5, 0.6) is 0 Å². The topological polar surface area (TPSA) is 80.5 Å². The van der Waals surface area contributed by atoms with E-state index >= 15 is 0 Å². The number of hydrogen-bond acceptors (Lipinski definition) is 6.